The highest BCUT2D eigenvalue weighted by molar-refractivity contribution is 5.93. The van der Waals surface area contributed by atoms with Gasteiger partial charge in [-0.3, -0.25) is 4.79 Å². The molecule has 1 aliphatic rings. The number of morpholine rings is 1. The summed E-state index contributed by atoms with van der Waals surface area (Å²) in [5.41, 5.74) is 4.24. The van der Waals surface area contributed by atoms with Crippen LogP contribution in [0.2, 0.25) is 0 Å². The predicted octanol–water partition coefficient (Wildman–Crippen LogP) is 4.97. The number of amides is 1. The molecule has 180 valence electrons. The van der Waals surface area contributed by atoms with Crippen LogP contribution in [0.3, 0.4) is 0 Å². The normalized spacial score (nSPS) is 13.7. The van der Waals surface area contributed by atoms with Gasteiger partial charge in [0.05, 0.1) is 30.2 Å². The van der Waals surface area contributed by atoms with Crippen molar-refractivity contribution in [3.05, 3.63) is 60.3 Å². The van der Waals surface area contributed by atoms with Crippen molar-refractivity contribution in [2.24, 2.45) is 5.41 Å². The Hall–Kier alpha value is -3.96. The molecule has 2 heterocycles. The van der Waals surface area contributed by atoms with Crippen LogP contribution in [-0.2, 0) is 9.53 Å². The number of carbonyl (C=O) groups excluding carboxylic acids is 1. The number of rotatable bonds is 6. The minimum absolute atomic E-state index is 0.116. The van der Waals surface area contributed by atoms with E-state index in [0.717, 1.165) is 43.2 Å². The van der Waals surface area contributed by atoms with Gasteiger partial charge in [-0.15, -0.1) is 0 Å². The molecule has 3 aromatic rings. The number of carbonyl (C=O) groups is 1. The molecular weight excluding hydrogens is 440 g/mol. The lowest BCUT2D eigenvalue weighted by atomic mass is 9.92. The smallest absolute Gasteiger partial charge is 0.227 e. The molecule has 0 atom stereocenters. The van der Waals surface area contributed by atoms with Gasteiger partial charge in [-0.25, -0.2) is 9.97 Å². The van der Waals surface area contributed by atoms with Crippen LogP contribution in [0.4, 0.5) is 23.0 Å². The second-order valence-corrected chi connectivity index (χ2v) is 9.69. The van der Waals surface area contributed by atoms with Gasteiger partial charge >= 0.3 is 0 Å². The Morgan fingerprint density at radius 1 is 1.11 bits per heavy atom. The number of benzene rings is 2. The Bertz CT molecular complexity index is 1220. The van der Waals surface area contributed by atoms with Crippen molar-refractivity contribution in [3.8, 4) is 17.3 Å². The van der Waals surface area contributed by atoms with Crippen LogP contribution < -0.4 is 15.5 Å². The number of nitrogens with one attached hydrogen (secondary N) is 2. The monoisotopic (exact) mass is 470 g/mol. The van der Waals surface area contributed by atoms with Crippen LogP contribution in [0.5, 0.6) is 0 Å². The van der Waals surface area contributed by atoms with Crippen molar-refractivity contribution in [1.29, 1.82) is 5.26 Å². The second-order valence-electron chi connectivity index (χ2n) is 9.69. The van der Waals surface area contributed by atoms with Crippen LogP contribution in [0.1, 0.15) is 32.8 Å². The highest BCUT2D eigenvalue weighted by Crippen LogP contribution is 2.27. The first-order valence-electron chi connectivity index (χ1n) is 11.7. The maximum absolute atomic E-state index is 12.3. The van der Waals surface area contributed by atoms with Gasteiger partial charge in [-0.05, 0) is 47.9 Å². The number of nitriles is 1. The number of hydrogen-bond donors (Lipinski definition) is 2. The third-order valence-corrected chi connectivity index (χ3v) is 5.56. The first kappa shape index (κ1) is 24.2. The fraction of sp³-hybridized carbons (Fsp3) is 0.333. The number of nitrogens with zero attached hydrogens (tertiary/aromatic N) is 4. The Kier molecular flexibility index (Phi) is 7.28. The molecule has 0 unspecified atom stereocenters. The molecule has 1 saturated heterocycles. The average molecular weight is 471 g/mol. The molecule has 1 aliphatic heterocycles. The number of aromatic nitrogens is 2. The van der Waals surface area contributed by atoms with Gasteiger partial charge in [0, 0.05) is 42.6 Å². The predicted molar refractivity (Wildman–Crippen MR) is 138 cm³/mol. The van der Waals surface area contributed by atoms with E-state index in [9.17, 15) is 10.1 Å². The Morgan fingerprint density at radius 2 is 1.86 bits per heavy atom. The van der Waals surface area contributed by atoms with Crippen molar-refractivity contribution in [1.82, 2.24) is 9.97 Å². The second kappa shape index (κ2) is 10.5. The van der Waals surface area contributed by atoms with E-state index in [1.54, 1.807) is 24.4 Å². The standard InChI is InChI=1S/C27H30N6O2/c1-27(2,3)17-25(34)31-23-9-4-19(16-20(23)18-28)24-10-11-29-26(32-24)30-21-5-7-22(8-6-21)33-12-14-35-15-13-33/h4-11,16H,12-15,17H2,1-3H3,(H,31,34)(H,29,30,32). The highest BCUT2D eigenvalue weighted by atomic mass is 16.5. The Balaban J connectivity index is 1.47. The first-order chi connectivity index (χ1) is 16.8. The lowest BCUT2D eigenvalue weighted by Crippen LogP contribution is -2.36. The number of ether oxygens (including phenoxy) is 1. The minimum atomic E-state index is -0.135. The van der Waals surface area contributed by atoms with E-state index in [-0.39, 0.29) is 11.3 Å². The third-order valence-electron chi connectivity index (χ3n) is 5.56. The van der Waals surface area contributed by atoms with Gasteiger partial charge in [0.1, 0.15) is 6.07 Å². The van der Waals surface area contributed by atoms with Crippen LogP contribution in [0.25, 0.3) is 11.3 Å². The molecule has 2 N–H and O–H groups in total. The molecule has 1 fully saturated rings. The summed E-state index contributed by atoms with van der Waals surface area (Å²) in [6, 6.07) is 17.4. The summed E-state index contributed by atoms with van der Waals surface area (Å²) in [7, 11) is 0. The lowest BCUT2D eigenvalue weighted by molar-refractivity contribution is -0.117. The summed E-state index contributed by atoms with van der Waals surface area (Å²) in [5.74, 6) is 0.345. The zero-order chi connectivity index (χ0) is 24.8. The fourth-order valence-electron chi connectivity index (χ4n) is 3.87. The third kappa shape index (κ3) is 6.55. The number of anilines is 4. The summed E-state index contributed by atoms with van der Waals surface area (Å²) in [6.45, 7) is 9.28. The SMILES string of the molecule is CC(C)(C)CC(=O)Nc1ccc(-c2ccnc(Nc3ccc(N4CCOCC4)cc3)n2)cc1C#N. The van der Waals surface area contributed by atoms with Crippen molar-refractivity contribution >= 4 is 28.9 Å². The molecule has 1 amide bonds. The van der Waals surface area contributed by atoms with Gasteiger partial charge in [0.25, 0.3) is 0 Å². The maximum atomic E-state index is 12.3. The summed E-state index contributed by atoms with van der Waals surface area (Å²) in [5, 5.41) is 15.7. The summed E-state index contributed by atoms with van der Waals surface area (Å²) < 4.78 is 5.42. The van der Waals surface area contributed by atoms with E-state index in [4.69, 9.17) is 4.74 Å². The van der Waals surface area contributed by atoms with Crippen LogP contribution in [-0.4, -0.2) is 42.2 Å². The van der Waals surface area contributed by atoms with Gasteiger partial charge in [0.2, 0.25) is 11.9 Å². The van der Waals surface area contributed by atoms with Gasteiger partial charge in [0.15, 0.2) is 0 Å². The molecule has 2 aromatic carbocycles. The molecule has 4 rings (SSSR count). The largest absolute Gasteiger partial charge is 0.378 e. The van der Waals surface area contributed by atoms with E-state index < -0.39 is 0 Å². The van der Waals surface area contributed by atoms with Crippen LogP contribution in [0.15, 0.2) is 54.7 Å². The van der Waals surface area contributed by atoms with Crippen LogP contribution in [0, 0.1) is 16.7 Å². The van der Waals surface area contributed by atoms with E-state index >= 15 is 0 Å². The molecule has 1 aromatic heterocycles. The zero-order valence-corrected chi connectivity index (χ0v) is 20.3. The van der Waals surface area contributed by atoms with E-state index in [2.05, 4.69) is 43.7 Å². The highest BCUT2D eigenvalue weighted by Gasteiger charge is 2.17. The molecule has 35 heavy (non-hydrogen) atoms. The van der Waals surface area contributed by atoms with Crippen molar-refractivity contribution in [2.45, 2.75) is 27.2 Å². The lowest BCUT2D eigenvalue weighted by Gasteiger charge is -2.28. The van der Waals surface area contributed by atoms with Gasteiger partial charge in [-0.2, -0.15) is 5.26 Å². The fourth-order valence-corrected chi connectivity index (χ4v) is 3.87. The topological polar surface area (TPSA) is 103 Å². The quantitative estimate of drug-likeness (QED) is 0.524. The van der Waals surface area contributed by atoms with Crippen molar-refractivity contribution in [3.63, 3.8) is 0 Å². The van der Waals surface area contributed by atoms with Gasteiger partial charge < -0.3 is 20.3 Å². The van der Waals surface area contributed by atoms with Crippen LogP contribution >= 0.6 is 0 Å². The minimum Gasteiger partial charge on any atom is -0.378 e. The molecule has 8 heteroatoms. The molecule has 0 aliphatic carbocycles. The summed E-state index contributed by atoms with van der Waals surface area (Å²) in [4.78, 5) is 23.6. The molecule has 0 radical (unpaired) electrons. The summed E-state index contributed by atoms with van der Waals surface area (Å²) in [6.07, 6.45) is 2.05. The van der Waals surface area contributed by atoms with Crippen molar-refractivity contribution in [2.75, 3.05) is 41.8 Å². The van der Waals surface area contributed by atoms with E-state index in [0.29, 0.717) is 29.3 Å². The van der Waals surface area contributed by atoms with E-state index in [1.807, 2.05) is 39.0 Å². The van der Waals surface area contributed by atoms with E-state index in [1.165, 1.54) is 0 Å². The Morgan fingerprint density at radius 3 is 2.54 bits per heavy atom. The molecular formula is C27H30N6O2. The maximum Gasteiger partial charge on any atom is 0.227 e. The van der Waals surface area contributed by atoms with Crippen molar-refractivity contribution < 1.29 is 9.53 Å². The van der Waals surface area contributed by atoms with Gasteiger partial charge in [-0.1, -0.05) is 26.8 Å². The number of hydrogen-bond acceptors (Lipinski definition) is 7. The molecule has 0 saturated carbocycles. The Labute approximate surface area is 206 Å². The zero-order valence-electron chi connectivity index (χ0n) is 20.3. The first-order valence-corrected chi connectivity index (χ1v) is 11.7. The molecule has 0 spiro atoms. The summed E-state index contributed by atoms with van der Waals surface area (Å²) >= 11 is 0. The average Bonchev–Trinajstić information content (AvgIpc) is 2.84. The molecule has 8 nitrogen and oxygen atoms in total. The molecule has 0 bridgehead atoms.